The Balaban J connectivity index is 1.81. The van der Waals surface area contributed by atoms with Crippen molar-refractivity contribution in [1.82, 2.24) is 4.90 Å². The molecule has 8 heteroatoms. The first-order valence-electron chi connectivity index (χ1n) is 10.3. The number of aliphatic hydroxyl groups excluding tert-OH is 1. The lowest BCUT2D eigenvalue weighted by molar-refractivity contribution is -0.177. The fraction of sp³-hybridized carbons (Fsp3) is 0.591. The third-order valence-electron chi connectivity index (χ3n) is 5.20. The normalized spacial score (nSPS) is 21.0. The van der Waals surface area contributed by atoms with Gasteiger partial charge in [0.1, 0.15) is 5.60 Å². The van der Waals surface area contributed by atoms with Crippen molar-refractivity contribution < 1.29 is 29.0 Å². The summed E-state index contributed by atoms with van der Waals surface area (Å²) in [4.78, 5) is 41.3. The lowest BCUT2D eigenvalue weighted by Crippen LogP contribution is -2.55. The Hall–Kier alpha value is -2.45. The highest BCUT2D eigenvalue weighted by molar-refractivity contribution is 6.02. The van der Waals surface area contributed by atoms with E-state index in [0.717, 1.165) is 31.5 Å². The SMILES string of the molecule is Cc1ccc(C(=O)N2CCCC2)cc1N1CCOC(C(O)C(=O)OC(C)(C)C)C1=O. The second kappa shape index (κ2) is 8.73. The fourth-order valence-electron chi connectivity index (χ4n) is 3.69. The van der Waals surface area contributed by atoms with E-state index < -0.39 is 29.7 Å². The highest BCUT2D eigenvalue weighted by atomic mass is 16.6. The van der Waals surface area contributed by atoms with E-state index in [1.807, 2.05) is 11.8 Å². The summed E-state index contributed by atoms with van der Waals surface area (Å²) in [6.07, 6.45) is -1.09. The Morgan fingerprint density at radius 1 is 1.20 bits per heavy atom. The molecule has 164 valence electrons. The summed E-state index contributed by atoms with van der Waals surface area (Å²) < 4.78 is 10.6. The maximum absolute atomic E-state index is 13.1. The van der Waals surface area contributed by atoms with Crippen LogP contribution in [0.15, 0.2) is 18.2 Å². The second-order valence-electron chi connectivity index (χ2n) is 8.76. The first-order valence-corrected chi connectivity index (χ1v) is 10.3. The number of nitrogens with zero attached hydrogens (tertiary/aromatic N) is 2. The highest BCUT2D eigenvalue weighted by Crippen LogP contribution is 2.27. The molecule has 0 aromatic heterocycles. The topological polar surface area (TPSA) is 96.4 Å². The zero-order chi connectivity index (χ0) is 22.1. The number of rotatable bonds is 4. The summed E-state index contributed by atoms with van der Waals surface area (Å²) in [6.45, 7) is 8.78. The van der Waals surface area contributed by atoms with Crippen molar-refractivity contribution in [2.45, 2.75) is 58.3 Å². The molecule has 2 unspecified atom stereocenters. The maximum Gasteiger partial charge on any atom is 0.338 e. The number of esters is 1. The summed E-state index contributed by atoms with van der Waals surface area (Å²) in [7, 11) is 0. The van der Waals surface area contributed by atoms with Crippen LogP contribution in [0.3, 0.4) is 0 Å². The molecule has 3 rings (SSSR count). The lowest BCUT2D eigenvalue weighted by Gasteiger charge is -2.35. The van der Waals surface area contributed by atoms with Gasteiger partial charge in [-0.3, -0.25) is 9.59 Å². The van der Waals surface area contributed by atoms with Crippen molar-refractivity contribution in [1.29, 1.82) is 0 Å². The summed E-state index contributed by atoms with van der Waals surface area (Å²) in [6, 6.07) is 5.27. The number of hydrogen-bond acceptors (Lipinski definition) is 6. The third kappa shape index (κ3) is 4.82. The van der Waals surface area contributed by atoms with E-state index in [4.69, 9.17) is 9.47 Å². The largest absolute Gasteiger partial charge is 0.458 e. The first-order chi connectivity index (χ1) is 14.1. The summed E-state index contributed by atoms with van der Waals surface area (Å²) in [5.74, 6) is -1.49. The zero-order valence-electron chi connectivity index (χ0n) is 18.0. The Labute approximate surface area is 176 Å². The molecule has 2 fully saturated rings. The molecule has 1 aromatic carbocycles. The number of aliphatic hydroxyl groups is 1. The molecule has 0 radical (unpaired) electrons. The van der Waals surface area contributed by atoms with Gasteiger partial charge in [0.2, 0.25) is 0 Å². The van der Waals surface area contributed by atoms with E-state index in [0.29, 0.717) is 11.3 Å². The minimum atomic E-state index is -1.73. The van der Waals surface area contributed by atoms with Crippen molar-refractivity contribution >= 4 is 23.5 Å². The molecule has 2 atom stereocenters. The number of amides is 2. The Bertz CT molecular complexity index is 825. The van der Waals surface area contributed by atoms with Crippen LogP contribution in [0.4, 0.5) is 5.69 Å². The summed E-state index contributed by atoms with van der Waals surface area (Å²) >= 11 is 0. The lowest BCUT2D eigenvalue weighted by atomic mass is 10.0. The van der Waals surface area contributed by atoms with Gasteiger partial charge in [0.05, 0.1) is 6.61 Å². The summed E-state index contributed by atoms with van der Waals surface area (Å²) in [5.41, 5.74) is 1.11. The van der Waals surface area contributed by atoms with Gasteiger partial charge in [0.15, 0.2) is 12.2 Å². The van der Waals surface area contributed by atoms with E-state index in [-0.39, 0.29) is 19.1 Å². The molecule has 2 heterocycles. The minimum Gasteiger partial charge on any atom is -0.458 e. The molecule has 0 bridgehead atoms. The van der Waals surface area contributed by atoms with E-state index >= 15 is 0 Å². The number of likely N-dealkylation sites (tertiary alicyclic amines) is 1. The molecule has 0 aliphatic carbocycles. The Kier molecular flexibility index (Phi) is 6.47. The van der Waals surface area contributed by atoms with Crippen LogP contribution in [0, 0.1) is 6.92 Å². The number of ether oxygens (including phenoxy) is 2. The van der Waals surface area contributed by atoms with Crippen molar-refractivity contribution in [3.8, 4) is 0 Å². The quantitative estimate of drug-likeness (QED) is 0.747. The molecule has 0 saturated carbocycles. The van der Waals surface area contributed by atoms with Gasteiger partial charge in [-0.15, -0.1) is 0 Å². The van der Waals surface area contributed by atoms with E-state index in [1.54, 1.807) is 39.0 Å². The predicted octanol–water partition coefficient (Wildman–Crippen LogP) is 1.67. The third-order valence-corrected chi connectivity index (χ3v) is 5.20. The zero-order valence-corrected chi connectivity index (χ0v) is 18.0. The van der Waals surface area contributed by atoms with Crippen LogP contribution in [-0.4, -0.2) is 71.8 Å². The van der Waals surface area contributed by atoms with Gasteiger partial charge in [-0.2, -0.15) is 0 Å². The van der Waals surface area contributed by atoms with Crippen LogP contribution in [0.1, 0.15) is 49.5 Å². The Morgan fingerprint density at radius 2 is 1.87 bits per heavy atom. The molecule has 2 aliphatic heterocycles. The van der Waals surface area contributed by atoms with Gasteiger partial charge < -0.3 is 24.4 Å². The number of aryl methyl sites for hydroxylation is 1. The molecule has 8 nitrogen and oxygen atoms in total. The molecule has 0 spiro atoms. The van der Waals surface area contributed by atoms with Gasteiger partial charge in [-0.1, -0.05) is 6.07 Å². The highest BCUT2D eigenvalue weighted by Gasteiger charge is 2.41. The van der Waals surface area contributed by atoms with Crippen molar-refractivity contribution in [2.75, 3.05) is 31.1 Å². The van der Waals surface area contributed by atoms with Gasteiger partial charge in [0.25, 0.3) is 11.8 Å². The molecule has 30 heavy (non-hydrogen) atoms. The van der Waals surface area contributed by atoms with Crippen LogP contribution in [0.25, 0.3) is 0 Å². The first kappa shape index (κ1) is 22.2. The van der Waals surface area contributed by atoms with Crippen LogP contribution in [0.2, 0.25) is 0 Å². The number of anilines is 1. The van der Waals surface area contributed by atoms with Gasteiger partial charge in [-0.25, -0.2) is 4.79 Å². The van der Waals surface area contributed by atoms with Crippen molar-refractivity contribution in [3.63, 3.8) is 0 Å². The molecule has 2 aliphatic rings. The van der Waals surface area contributed by atoms with Crippen LogP contribution in [-0.2, 0) is 19.1 Å². The van der Waals surface area contributed by atoms with Crippen LogP contribution in [0.5, 0.6) is 0 Å². The standard InChI is InChI=1S/C22H30N2O6/c1-14-7-8-15(19(26)23-9-5-6-10-23)13-16(14)24-11-12-29-18(20(24)27)17(25)21(28)30-22(2,3)4/h7-8,13,17-18,25H,5-6,9-12H2,1-4H3. The summed E-state index contributed by atoms with van der Waals surface area (Å²) in [5, 5.41) is 10.4. The molecule has 2 amide bonds. The monoisotopic (exact) mass is 418 g/mol. The van der Waals surface area contributed by atoms with E-state index in [9.17, 15) is 19.5 Å². The molecular formula is C22H30N2O6. The average Bonchev–Trinajstić information content (AvgIpc) is 3.21. The average molecular weight is 418 g/mol. The smallest absolute Gasteiger partial charge is 0.338 e. The van der Waals surface area contributed by atoms with Gasteiger partial charge in [-0.05, 0) is 58.2 Å². The number of hydrogen-bond donors (Lipinski definition) is 1. The van der Waals surface area contributed by atoms with Gasteiger partial charge in [0, 0.05) is 30.9 Å². The van der Waals surface area contributed by atoms with E-state index in [1.165, 1.54) is 4.90 Å². The second-order valence-corrected chi connectivity index (χ2v) is 8.76. The van der Waals surface area contributed by atoms with Crippen molar-refractivity contribution in [3.05, 3.63) is 29.3 Å². The number of carbonyl (C=O) groups excluding carboxylic acids is 3. The maximum atomic E-state index is 13.1. The van der Waals surface area contributed by atoms with Crippen LogP contribution < -0.4 is 4.90 Å². The number of carbonyl (C=O) groups is 3. The number of morpholine rings is 1. The van der Waals surface area contributed by atoms with Gasteiger partial charge >= 0.3 is 5.97 Å². The van der Waals surface area contributed by atoms with Crippen LogP contribution >= 0.6 is 0 Å². The molecule has 2 saturated heterocycles. The van der Waals surface area contributed by atoms with E-state index in [2.05, 4.69) is 0 Å². The minimum absolute atomic E-state index is 0.0557. The number of benzene rings is 1. The van der Waals surface area contributed by atoms with Crippen molar-refractivity contribution in [2.24, 2.45) is 0 Å². The Morgan fingerprint density at radius 3 is 2.50 bits per heavy atom. The predicted molar refractivity (Wildman–Crippen MR) is 110 cm³/mol. The molecule has 1 N–H and O–H groups in total. The molecule has 1 aromatic rings. The molecular weight excluding hydrogens is 388 g/mol. The fourth-order valence-corrected chi connectivity index (χ4v) is 3.69.